The second kappa shape index (κ2) is 6.90. The van der Waals surface area contributed by atoms with Crippen LogP contribution in [0.3, 0.4) is 0 Å². The maximum absolute atomic E-state index is 12.4. The number of likely N-dealkylation sites (tertiary alicyclic amines) is 1. The molecule has 1 aliphatic heterocycles. The molecule has 0 saturated carbocycles. The van der Waals surface area contributed by atoms with Crippen molar-refractivity contribution in [1.29, 1.82) is 5.26 Å². The monoisotopic (exact) mass is 329 g/mol. The highest BCUT2D eigenvalue weighted by atomic mass is 32.2. The van der Waals surface area contributed by atoms with Gasteiger partial charge in [-0.2, -0.15) is 18.4 Å². The van der Waals surface area contributed by atoms with E-state index in [9.17, 15) is 13.2 Å². The predicted molar refractivity (Wildman–Crippen MR) is 80.0 cm³/mol. The highest BCUT2D eigenvalue weighted by molar-refractivity contribution is 8.00. The van der Waals surface area contributed by atoms with E-state index in [0.717, 1.165) is 31.5 Å². The first kappa shape index (κ1) is 17.1. The van der Waals surface area contributed by atoms with Crippen molar-refractivity contribution in [3.63, 3.8) is 0 Å². The van der Waals surface area contributed by atoms with Gasteiger partial charge < -0.3 is 5.73 Å². The van der Waals surface area contributed by atoms with Crippen LogP contribution in [-0.4, -0.2) is 29.0 Å². The molecule has 22 heavy (non-hydrogen) atoms. The Morgan fingerprint density at radius 1 is 1.32 bits per heavy atom. The zero-order valence-electron chi connectivity index (χ0n) is 12.1. The molecule has 1 saturated heterocycles. The molecule has 0 atom stereocenters. The van der Waals surface area contributed by atoms with Gasteiger partial charge in [0.2, 0.25) is 0 Å². The van der Waals surface area contributed by atoms with Gasteiger partial charge in [-0.3, -0.25) is 4.90 Å². The zero-order valence-corrected chi connectivity index (χ0v) is 12.9. The number of benzene rings is 1. The van der Waals surface area contributed by atoms with Crippen molar-refractivity contribution < 1.29 is 13.2 Å². The van der Waals surface area contributed by atoms with Gasteiger partial charge in [0, 0.05) is 30.1 Å². The third-order valence-electron chi connectivity index (χ3n) is 3.82. The third kappa shape index (κ3) is 5.20. The quantitative estimate of drug-likeness (QED) is 0.859. The SMILES string of the molecule is N#CCC1(N)CCN(Cc2cccc(SC(F)(F)F)c2)CC1. The summed E-state index contributed by atoms with van der Waals surface area (Å²) in [4.78, 5) is 2.37. The Morgan fingerprint density at radius 2 is 2.00 bits per heavy atom. The number of piperidine rings is 1. The van der Waals surface area contributed by atoms with Crippen molar-refractivity contribution in [2.75, 3.05) is 13.1 Å². The summed E-state index contributed by atoms with van der Waals surface area (Å²) in [7, 11) is 0. The molecule has 2 rings (SSSR count). The van der Waals surface area contributed by atoms with Gasteiger partial charge in [0.15, 0.2) is 0 Å². The highest BCUT2D eigenvalue weighted by Crippen LogP contribution is 2.37. The summed E-state index contributed by atoms with van der Waals surface area (Å²) in [6.45, 7) is 2.12. The number of thioether (sulfide) groups is 1. The Morgan fingerprint density at radius 3 is 2.59 bits per heavy atom. The summed E-state index contributed by atoms with van der Waals surface area (Å²) < 4.78 is 37.2. The molecule has 2 N–H and O–H groups in total. The Labute approximate surface area is 132 Å². The van der Waals surface area contributed by atoms with Crippen molar-refractivity contribution in [3.05, 3.63) is 29.8 Å². The summed E-state index contributed by atoms with van der Waals surface area (Å²) in [5.74, 6) is 0. The van der Waals surface area contributed by atoms with Crippen LogP contribution in [0.25, 0.3) is 0 Å². The normalized spacial score (nSPS) is 18.9. The van der Waals surface area contributed by atoms with E-state index in [-0.39, 0.29) is 16.7 Å². The smallest absolute Gasteiger partial charge is 0.324 e. The number of hydrogen-bond acceptors (Lipinski definition) is 4. The minimum atomic E-state index is -4.26. The molecule has 0 amide bonds. The highest BCUT2D eigenvalue weighted by Gasteiger charge is 2.31. The predicted octanol–water partition coefficient (Wildman–Crippen LogP) is 3.51. The average Bonchev–Trinajstić information content (AvgIpc) is 2.40. The number of rotatable bonds is 4. The minimum Gasteiger partial charge on any atom is -0.324 e. The van der Waals surface area contributed by atoms with E-state index in [1.165, 1.54) is 6.07 Å². The van der Waals surface area contributed by atoms with Crippen LogP contribution in [-0.2, 0) is 6.54 Å². The van der Waals surface area contributed by atoms with Gasteiger partial charge in [0.25, 0.3) is 0 Å². The summed E-state index contributed by atoms with van der Waals surface area (Å²) >= 11 is -0.0913. The summed E-state index contributed by atoms with van der Waals surface area (Å²) in [5.41, 5.74) is 2.32. The van der Waals surface area contributed by atoms with Crippen LogP contribution in [0.5, 0.6) is 0 Å². The molecule has 1 aliphatic rings. The molecule has 3 nitrogen and oxygen atoms in total. The van der Waals surface area contributed by atoms with Crippen LogP contribution in [0.4, 0.5) is 13.2 Å². The molecular weight excluding hydrogens is 311 g/mol. The fraction of sp³-hybridized carbons (Fsp3) is 0.533. The summed E-state index contributed by atoms with van der Waals surface area (Å²) in [6, 6.07) is 8.65. The lowest BCUT2D eigenvalue weighted by Crippen LogP contribution is -2.49. The van der Waals surface area contributed by atoms with Crippen LogP contribution >= 0.6 is 11.8 Å². The molecular formula is C15H18F3N3S. The van der Waals surface area contributed by atoms with Gasteiger partial charge >= 0.3 is 5.51 Å². The Kier molecular flexibility index (Phi) is 5.37. The van der Waals surface area contributed by atoms with Crippen molar-refractivity contribution in [3.8, 4) is 6.07 Å². The van der Waals surface area contributed by atoms with E-state index in [0.29, 0.717) is 13.0 Å². The standard InChI is InChI=1S/C15H18F3N3S/c16-15(17,18)22-13-3-1-2-12(10-13)11-21-8-5-14(20,4-7-19)6-9-21/h1-3,10H,4-6,8-9,11,20H2. The second-order valence-corrected chi connectivity index (χ2v) is 6.81. The van der Waals surface area contributed by atoms with E-state index in [1.54, 1.807) is 12.1 Å². The Bertz CT molecular complexity index is 546. The Balaban J connectivity index is 1.93. The lowest BCUT2D eigenvalue weighted by molar-refractivity contribution is -0.0328. The number of hydrogen-bond donors (Lipinski definition) is 1. The topological polar surface area (TPSA) is 53.1 Å². The lowest BCUT2D eigenvalue weighted by Gasteiger charge is -2.37. The van der Waals surface area contributed by atoms with Crippen molar-refractivity contribution in [1.82, 2.24) is 4.90 Å². The van der Waals surface area contributed by atoms with E-state index in [1.807, 2.05) is 6.07 Å². The van der Waals surface area contributed by atoms with Gasteiger partial charge in [0.1, 0.15) is 0 Å². The number of halogens is 3. The van der Waals surface area contributed by atoms with Crippen molar-refractivity contribution >= 4 is 11.8 Å². The van der Waals surface area contributed by atoms with Crippen LogP contribution in [0.15, 0.2) is 29.2 Å². The zero-order chi connectivity index (χ0) is 16.2. The molecule has 0 radical (unpaired) electrons. The minimum absolute atomic E-state index is 0.0913. The molecule has 0 spiro atoms. The maximum Gasteiger partial charge on any atom is 0.446 e. The van der Waals surface area contributed by atoms with Gasteiger partial charge in [-0.15, -0.1) is 0 Å². The molecule has 0 aromatic heterocycles. The molecule has 1 heterocycles. The first-order valence-electron chi connectivity index (χ1n) is 7.03. The maximum atomic E-state index is 12.4. The first-order valence-corrected chi connectivity index (χ1v) is 7.84. The van der Waals surface area contributed by atoms with E-state index in [2.05, 4.69) is 11.0 Å². The van der Waals surface area contributed by atoms with Crippen molar-refractivity contribution in [2.45, 2.75) is 41.7 Å². The Hall–Kier alpha value is -1.23. The summed E-state index contributed by atoms with van der Waals surface area (Å²) in [6.07, 6.45) is 1.81. The van der Waals surface area contributed by atoms with E-state index in [4.69, 9.17) is 11.0 Å². The van der Waals surface area contributed by atoms with Gasteiger partial charge in [-0.05, 0) is 42.3 Å². The molecule has 1 aromatic rings. The van der Waals surface area contributed by atoms with Crippen molar-refractivity contribution in [2.24, 2.45) is 5.73 Å². The number of nitrogens with zero attached hydrogens (tertiary/aromatic N) is 2. The van der Waals surface area contributed by atoms with Gasteiger partial charge in [-0.25, -0.2) is 0 Å². The first-order chi connectivity index (χ1) is 10.3. The lowest BCUT2D eigenvalue weighted by atomic mass is 9.86. The molecule has 1 fully saturated rings. The average molecular weight is 329 g/mol. The fourth-order valence-corrected chi connectivity index (χ4v) is 3.21. The number of alkyl halides is 3. The van der Waals surface area contributed by atoms with Crippen LogP contribution in [0.1, 0.15) is 24.8 Å². The molecule has 120 valence electrons. The largest absolute Gasteiger partial charge is 0.446 e. The number of nitriles is 1. The van der Waals surface area contributed by atoms with Crippen LogP contribution in [0, 0.1) is 11.3 Å². The summed E-state index contributed by atoms with van der Waals surface area (Å²) in [5, 5.41) is 8.77. The molecule has 0 aliphatic carbocycles. The molecule has 1 aromatic carbocycles. The van der Waals surface area contributed by atoms with Crippen LogP contribution < -0.4 is 5.73 Å². The van der Waals surface area contributed by atoms with Crippen LogP contribution in [0.2, 0.25) is 0 Å². The molecule has 0 bridgehead atoms. The number of nitrogens with two attached hydrogens (primary N) is 1. The van der Waals surface area contributed by atoms with E-state index < -0.39 is 11.0 Å². The third-order valence-corrected chi connectivity index (χ3v) is 4.54. The van der Waals surface area contributed by atoms with Gasteiger partial charge in [0.05, 0.1) is 12.5 Å². The van der Waals surface area contributed by atoms with E-state index >= 15 is 0 Å². The molecule has 7 heteroatoms. The fourth-order valence-electron chi connectivity index (χ4n) is 2.59. The second-order valence-electron chi connectivity index (χ2n) is 5.67. The molecule has 0 unspecified atom stereocenters. The van der Waals surface area contributed by atoms with Gasteiger partial charge in [-0.1, -0.05) is 12.1 Å².